The number of para-hydroxylation sites is 1. The highest BCUT2D eigenvalue weighted by atomic mass is 15.1. The van der Waals surface area contributed by atoms with Gasteiger partial charge in [-0.05, 0) is 109 Å². The summed E-state index contributed by atoms with van der Waals surface area (Å²) >= 11 is 0. The molecule has 0 N–H and O–H groups in total. The zero-order valence-corrected chi connectivity index (χ0v) is 34.2. The molecule has 0 fully saturated rings. The summed E-state index contributed by atoms with van der Waals surface area (Å²) in [6.45, 7) is 9.23. The molecule has 0 bridgehead atoms. The maximum absolute atomic E-state index is 2.54. The van der Waals surface area contributed by atoms with Gasteiger partial charge >= 0.3 is 0 Å². The lowest BCUT2D eigenvalue weighted by molar-refractivity contribution is 0.592. The summed E-state index contributed by atoms with van der Waals surface area (Å²) in [4.78, 5) is 2.54. The number of benzene rings is 9. The molecule has 9 aromatic rings. The van der Waals surface area contributed by atoms with Crippen LogP contribution in [-0.4, -0.2) is 0 Å². The summed E-state index contributed by atoms with van der Waals surface area (Å²) in [7, 11) is 0. The van der Waals surface area contributed by atoms with Gasteiger partial charge in [-0.1, -0.05) is 203 Å². The fourth-order valence-electron chi connectivity index (χ4n) is 9.79. The van der Waals surface area contributed by atoms with Crippen LogP contribution >= 0.6 is 0 Å². The van der Waals surface area contributed by atoms with Crippen molar-refractivity contribution in [2.24, 2.45) is 0 Å². The Morgan fingerprint density at radius 2 is 0.983 bits per heavy atom. The van der Waals surface area contributed by atoms with Crippen molar-refractivity contribution in [3.63, 3.8) is 0 Å². The zero-order chi connectivity index (χ0) is 40.1. The van der Waals surface area contributed by atoms with E-state index >= 15 is 0 Å². The Labute approximate surface area is 348 Å². The lowest BCUT2D eigenvalue weighted by Crippen LogP contribution is -2.28. The van der Waals surface area contributed by atoms with Gasteiger partial charge in [0.25, 0.3) is 0 Å². The van der Waals surface area contributed by atoms with Gasteiger partial charge in [-0.2, -0.15) is 0 Å². The Morgan fingerprint density at radius 3 is 1.66 bits per heavy atom. The van der Waals surface area contributed by atoms with Gasteiger partial charge in [0.15, 0.2) is 0 Å². The predicted molar refractivity (Wildman–Crippen MR) is 250 cm³/mol. The molecule has 0 saturated carbocycles. The van der Waals surface area contributed by atoms with Crippen LogP contribution in [0.2, 0.25) is 0 Å². The maximum atomic E-state index is 2.54. The van der Waals surface area contributed by atoms with Crippen LogP contribution in [0.4, 0.5) is 17.1 Å². The lowest BCUT2D eigenvalue weighted by atomic mass is 9.67. The van der Waals surface area contributed by atoms with Crippen molar-refractivity contribution in [3.05, 3.63) is 246 Å². The summed E-state index contributed by atoms with van der Waals surface area (Å²) in [5, 5.41) is 2.42. The van der Waals surface area contributed by atoms with Crippen molar-refractivity contribution in [2.75, 3.05) is 4.90 Å². The van der Waals surface area contributed by atoms with E-state index in [1.807, 2.05) is 0 Å². The lowest BCUT2D eigenvalue weighted by Gasteiger charge is -2.35. The summed E-state index contributed by atoms with van der Waals surface area (Å²) < 4.78 is 0. The van der Waals surface area contributed by atoms with Gasteiger partial charge < -0.3 is 4.90 Å². The van der Waals surface area contributed by atoms with E-state index in [4.69, 9.17) is 0 Å². The molecule has 0 atom stereocenters. The van der Waals surface area contributed by atoms with E-state index in [-0.39, 0.29) is 5.41 Å². The third-order valence-electron chi connectivity index (χ3n) is 12.4. The molecular weight excluding hydrogens is 711 g/mol. The fourth-order valence-corrected chi connectivity index (χ4v) is 9.79. The number of anilines is 3. The van der Waals surface area contributed by atoms with Crippen molar-refractivity contribution < 1.29 is 0 Å². The quantitative estimate of drug-likeness (QED) is 0.156. The fraction of sp³-hybridized carbons (Fsp3) is 0.103. The molecule has 59 heavy (non-hydrogen) atoms. The van der Waals surface area contributed by atoms with Gasteiger partial charge in [-0.25, -0.2) is 0 Å². The van der Waals surface area contributed by atoms with Crippen molar-refractivity contribution in [1.82, 2.24) is 0 Å². The van der Waals surface area contributed by atoms with Gasteiger partial charge in [0.05, 0.1) is 16.8 Å². The number of hydrogen-bond donors (Lipinski definition) is 0. The van der Waals surface area contributed by atoms with E-state index in [0.29, 0.717) is 0 Å². The molecule has 0 radical (unpaired) electrons. The van der Waals surface area contributed by atoms with Crippen molar-refractivity contribution >= 4 is 27.8 Å². The first-order valence-electron chi connectivity index (χ1n) is 20.8. The van der Waals surface area contributed by atoms with Crippen LogP contribution in [0.5, 0.6) is 0 Å². The smallest absolute Gasteiger partial charge is 0.0714 e. The highest BCUT2D eigenvalue weighted by molar-refractivity contribution is 6.01. The van der Waals surface area contributed by atoms with Crippen LogP contribution in [0, 0.1) is 6.92 Å². The Morgan fingerprint density at radius 1 is 0.407 bits per heavy atom. The molecule has 1 nitrogen and oxygen atoms in total. The maximum Gasteiger partial charge on any atom is 0.0714 e. The Kier molecular flexibility index (Phi) is 8.91. The second-order valence-electron chi connectivity index (χ2n) is 16.9. The van der Waals surface area contributed by atoms with Crippen molar-refractivity contribution in [3.8, 4) is 33.4 Å². The zero-order valence-electron chi connectivity index (χ0n) is 34.2. The van der Waals surface area contributed by atoms with Crippen LogP contribution in [0.15, 0.2) is 212 Å². The van der Waals surface area contributed by atoms with E-state index in [1.165, 1.54) is 77.5 Å². The number of nitrogens with zero attached hydrogens (tertiary/aromatic N) is 1. The first kappa shape index (κ1) is 36.4. The van der Waals surface area contributed by atoms with Crippen molar-refractivity contribution in [2.45, 2.75) is 38.5 Å². The Hall–Kier alpha value is -6.96. The predicted octanol–water partition coefficient (Wildman–Crippen LogP) is 15.6. The number of rotatable bonds is 7. The molecule has 0 heterocycles. The van der Waals surface area contributed by atoms with Gasteiger partial charge in [-0.15, -0.1) is 0 Å². The molecule has 10 rings (SSSR count). The third kappa shape index (κ3) is 6.00. The minimum atomic E-state index is -0.537. The molecule has 9 aromatic carbocycles. The van der Waals surface area contributed by atoms with Crippen LogP contribution in [-0.2, 0) is 10.8 Å². The van der Waals surface area contributed by atoms with E-state index in [2.05, 4.69) is 245 Å². The first-order valence-corrected chi connectivity index (χ1v) is 20.8. The first-order chi connectivity index (χ1) is 28.8. The summed E-state index contributed by atoms with van der Waals surface area (Å²) in [6.07, 6.45) is 0. The van der Waals surface area contributed by atoms with Gasteiger partial charge in [0.1, 0.15) is 0 Å². The molecule has 0 spiro atoms. The molecule has 0 unspecified atom stereocenters. The summed E-state index contributed by atoms with van der Waals surface area (Å²) in [5.74, 6) is 0. The van der Waals surface area contributed by atoms with Crippen LogP contribution in [0.1, 0.15) is 54.2 Å². The minimum absolute atomic E-state index is 0.0749. The number of hydrogen-bond acceptors (Lipinski definition) is 1. The average Bonchev–Trinajstić information content (AvgIpc) is 3.58. The number of fused-ring (bicyclic) bond motifs is 4. The molecule has 0 aromatic heterocycles. The standard InChI is InChI=1S/C58H47N/c1-40-21-20-33-52-56(40)49-36-35-46(39-53(49)58(52,44-26-10-6-11-27-44)45-28-12-7-13-29-45)59(54-34-19-17-30-47(54)41-22-8-5-9-23-41)55-38-43-25-15-14-24-42(43)37-50(55)48-31-16-18-32-51(48)57(2,3)4/h5-39H,1-4H3. The third-order valence-corrected chi connectivity index (χ3v) is 12.4. The van der Waals surface area contributed by atoms with Gasteiger partial charge in [0.2, 0.25) is 0 Å². The van der Waals surface area contributed by atoms with Crippen LogP contribution in [0.3, 0.4) is 0 Å². The molecule has 0 saturated heterocycles. The van der Waals surface area contributed by atoms with Crippen molar-refractivity contribution in [1.29, 1.82) is 0 Å². The van der Waals surface area contributed by atoms with E-state index in [9.17, 15) is 0 Å². The molecule has 284 valence electrons. The van der Waals surface area contributed by atoms with Crippen LogP contribution < -0.4 is 4.90 Å². The molecule has 0 aliphatic heterocycles. The molecule has 1 heteroatoms. The summed E-state index contributed by atoms with van der Waals surface area (Å²) in [6, 6.07) is 78.7. The van der Waals surface area contributed by atoms with Gasteiger partial charge in [-0.3, -0.25) is 0 Å². The monoisotopic (exact) mass is 757 g/mol. The molecule has 1 aliphatic carbocycles. The van der Waals surface area contributed by atoms with E-state index in [1.54, 1.807) is 0 Å². The second-order valence-corrected chi connectivity index (χ2v) is 16.9. The normalized spacial score (nSPS) is 12.9. The highest BCUT2D eigenvalue weighted by Gasteiger charge is 2.47. The molecule has 1 aliphatic rings. The van der Waals surface area contributed by atoms with E-state index < -0.39 is 5.41 Å². The topological polar surface area (TPSA) is 3.24 Å². The minimum Gasteiger partial charge on any atom is -0.309 e. The van der Waals surface area contributed by atoms with E-state index in [0.717, 1.165) is 17.1 Å². The largest absolute Gasteiger partial charge is 0.309 e. The Bertz CT molecular complexity index is 2930. The van der Waals surface area contributed by atoms with Crippen LogP contribution in [0.25, 0.3) is 44.2 Å². The Balaban J connectivity index is 1.34. The molecular formula is C58H47N. The second kappa shape index (κ2) is 14.5. The SMILES string of the molecule is Cc1cccc2c1-c1ccc(N(c3ccccc3-c3ccccc3)c3cc4ccccc4cc3-c3ccccc3C(C)(C)C)cc1C2(c1ccccc1)c1ccccc1. The average molecular weight is 758 g/mol. The van der Waals surface area contributed by atoms with Gasteiger partial charge in [0, 0.05) is 16.8 Å². The highest BCUT2D eigenvalue weighted by Crippen LogP contribution is 2.58. The number of aryl methyl sites for hydroxylation is 1. The summed E-state index contributed by atoms with van der Waals surface area (Å²) in [5.41, 5.74) is 17.9. The molecule has 0 amide bonds.